The van der Waals surface area contributed by atoms with Crippen LogP contribution in [-0.4, -0.2) is 20.6 Å². The van der Waals surface area contributed by atoms with Crippen LogP contribution in [0.4, 0.5) is 11.4 Å². The molecule has 0 spiro atoms. The molecule has 5 nitrogen and oxygen atoms in total. The van der Waals surface area contributed by atoms with Gasteiger partial charge in [0.25, 0.3) is 5.91 Å². The molecule has 7 heteroatoms. The van der Waals surface area contributed by atoms with Gasteiger partial charge in [-0.25, -0.2) is 8.42 Å². The van der Waals surface area contributed by atoms with E-state index in [-0.39, 0.29) is 11.3 Å². The largest absolute Gasteiger partial charge is 0.322 e. The number of hydrogen-bond acceptors (Lipinski definition) is 3. The van der Waals surface area contributed by atoms with Crippen molar-refractivity contribution < 1.29 is 13.2 Å². The molecule has 0 unspecified atom stereocenters. The number of anilines is 2. The van der Waals surface area contributed by atoms with E-state index in [2.05, 4.69) is 23.9 Å². The summed E-state index contributed by atoms with van der Waals surface area (Å²) in [4.78, 5) is 12.5. The van der Waals surface area contributed by atoms with Crippen LogP contribution in [-0.2, 0) is 10.0 Å². The Morgan fingerprint density at radius 1 is 1.12 bits per heavy atom. The van der Waals surface area contributed by atoms with Crippen LogP contribution in [0.3, 0.4) is 0 Å². The summed E-state index contributed by atoms with van der Waals surface area (Å²) in [5, 5.41) is 3.12. The lowest BCUT2D eigenvalue weighted by atomic mass is 10.0. The van der Waals surface area contributed by atoms with Crippen molar-refractivity contribution >= 4 is 38.9 Å². The van der Waals surface area contributed by atoms with E-state index in [0.29, 0.717) is 16.6 Å². The van der Waals surface area contributed by atoms with E-state index in [9.17, 15) is 13.2 Å². The summed E-state index contributed by atoms with van der Waals surface area (Å²) in [5.41, 5.74) is 2.06. The van der Waals surface area contributed by atoms with Crippen LogP contribution in [0.25, 0.3) is 0 Å². The third kappa shape index (κ3) is 4.97. The standard InChI is InChI=1S/C17H19ClN2O3S/c1-11(2)12-5-4-6-14(9-12)19-17(21)15-10-13(18)7-8-16(15)20-24(3,22)23/h4-11,20H,1-3H3,(H,19,21). The Kier molecular flexibility index (Phi) is 5.51. The van der Waals surface area contributed by atoms with Gasteiger partial charge in [0.05, 0.1) is 17.5 Å². The average molecular weight is 367 g/mol. The zero-order valence-electron chi connectivity index (χ0n) is 13.6. The lowest BCUT2D eigenvalue weighted by molar-refractivity contribution is 0.102. The van der Waals surface area contributed by atoms with Crippen LogP contribution in [0.15, 0.2) is 42.5 Å². The summed E-state index contributed by atoms with van der Waals surface area (Å²) < 4.78 is 25.3. The van der Waals surface area contributed by atoms with Crippen LogP contribution in [0.2, 0.25) is 5.02 Å². The van der Waals surface area contributed by atoms with Gasteiger partial charge in [0.15, 0.2) is 0 Å². The molecule has 1 amide bonds. The van der Waals surface area contributed by atoms with E-state index in [1.807, 2.05) is 18.2 Å². The van der Waals surface area contributed by atoms with Crippen molar-refractivity contribution in [2.24, 2.45) is 0 Å². The predicted octanol–water partition coefficient (Wildman–Crippen LogP) is 4.09. The summed E-state index contributed by atoms with van der Waals surface area (Å²) in [6.45, 7) is 4.12. The van der Waals surface area contributed by atoms with Gasteiger partial charge in [0, 0.05) is 10.7 Å². The minimum Gasteiger partial charge on any atom is -0.322 e. The van der Waals surface area contributed by atoms with E-state index in [0.717, 1.165) is 11.8 Å². The molecule has 0 bridgehead atoms. The van der Waals surface area contributed by atoms with Crippen molar-refractivity contribution in [3.63, 3.8) is 0 Å². The van der Waals surface area contributed by atoms with Crippen LogP contribution < -0.4 is 10.0 Å². The number of halogens is 1. The van der Waals surface area contributed by atoms with Crippen molar-refractivity contribution in [3.8, 4) is 0 Å². The van der Waals surface area contributed by atoms with E-state index in [4.69, 9.17) is 11.6 Å². The molecule has 0 aliphatic carbocycles. The maximum absolute atomic E-state index is 12.5. The number of benzene rings is 2. The Hall–Kier alpha value is -2.05. The van der Waals surface area contributed by atoms with Gasteiger partial charge >= 0.3 is 0 Å². The van der Waals surface area contributed by atoms with Crippen molar-refractivity contribution in [1.82, 2.24) is 0 Å². The Bertz CT molecular complexity index is 864. The van der Waals surface area contributed by atoms with Crippen molar-refractivity contribution in [2.75, 3.05) is 16.3 Å². The van der Waals surface area contributed by atoms with Gasteiger partial charge in [-0.05, 0) is 41.8 Å². The highest BCUT2D eigenvalue weighted by molar-refractivity contribution is 7.92. The lowest BCUT2D eigenvalue weighted by Crippen LogP contribution is -2.17. The summed E-state index contributed by atoms with van der Waals surface area (Å²) in [5.74, 6) is -0.111. The highest BCUT2D eigenvalue weighted by Gasteiger charge is 2.15. The maximum atomic E-state index is 12.5. The van der Waals surface area contributed by atoms with Crippen LogP contribution in [0, 0.1) is 0 Å². The van der Waals surface area contributed by atoms with Gasteiger partial charge < -0.3 is 5.32 Å². The zero-order valence-corrected chi connectivity index (χ0v) is 15.2. The van der Waals surface area contributed by atoms with Gasteiger partial charge in [-0.2, -0.15) is 0 Å². The molecule has 2 aromatic rings. The van der Waals surface area contributed by atoms with Gasteiger partial charge in [-0.3, -0.25) is 9.52 Å². The highest BCUT2D eigenvalue weighted by atomic mass is 35.5. The van der Waals surface area contributed by atoms with E-state index in [1.54, 1.807) is 6.07 Å². The Labute approximate surface area is 147 Å². The quantitative estimate of drug-likeness (QED) is 0.836. The average Bonchev–Trinajstić information content (AvgIpc) is 2.48. The molecule has 2 rings (SSSR count). The first-order valence-electron chi connectivity index (χ1n) is 7.34. The molecular weight excluding hydrogens is 348 g/mol. The molecule has 0 aliphatic heterocycles. The third-order valence-electron chi connectivity index (χ3n) is 3.33. The van der Waals surface area contributed by atoms with E-state index >= 15 is 0 Å². The predicted molar refractivity (Wildman–Crippen MR) is 98.4 cm³/mol. The number of amides is 1. The SMILES string of the molecule is CC(C)c1cccc(NC(=O)c2cc(Cl)ccc2NS(C)(=O)=O)c1. The first-order valence-corrected chi connectivity index (χ1v) is 9.61. The van der Waals surface area contributed by atoms with Gasteiger partial charge in [-0.1, -0.05) is 37.6 Å². The van der Waals surface area contributed by atoms with Crippen molar-refractivity contribution in [2.45, 2.75) is 19.8 Å². The number of carbonyl (C=O) groups excluding carboxylic acids is 1. The monoisotopic (exact) mass is 366 g/mol. The van der Waals surface area contributed by atoms with Crippen molar-refractivity contribution in [1.29, 1.82) is 0 Å². The molecule has 0 fully saturated rings. The number of rotatable bonds is 5. The number of hydrogen-bond donors (Lipinski definition) is 2. The fraction of sp³-hybridized carbons (Fsp3) is 0.235. The minimum absolute atomic E-state index is 0.155. The molecule has 0 aliphatic rings. The molecule has 128 valence electrons. The van der Waals surface area contributed by atoms with Crippen LogP contribution in [0.5, 0.6) is 0 Å². The second kappa shape index (κ2) is 7.23. The smallest absolute Gasteiger partial charge is 0.257 e. The summed E-state index contributed by atoms with van der Waals surface area (Å²) in [6, 6.07) is 11.9. The Morgan fingerprint density at radius 2 is 1.83 bits per heavy atom. The molecule has 0 saturated carbocycles. The molecule has 2 aromatic carbocycles. The lowest BCUT2D eigenvalue weighted by Gasteiger charge is -2.13. The number of nitrogens with one attached hydrogen (secondary N) is 2. The van der Waals surface area contributed by atoms with Gasteiger partial charge in [-0.15, -0.1) is 0 Å². The molecule has 0 heterocycles. The zero-order chi connectivity index (χ0) is 17.9. The highest BCUT2D eigenvalue weighted by Crippen LogP contribution is 2.24. The minimum atomic E-state index is -3.51. The first-order chi connectivity index (χ1) is 11.2. The molecule has 2 N–H and O–H groups in total. The summed E-state index contributed by atoms with van der Waals surface area (Å²) >= 11 is 5.94. The Morgan fingerprint density at radius 3 is 2.46 bits per heavy atom. The van der Waals surface area contributed by atoms with Gasteiger partial charge in [0.1, 0.15) is 0 Å². The summed E-state index contributed by atoms with van der Waals surface area (Å²) in [6.07, 6.45) is 1.02. The Balaban J connectivity index is 2.32. The fourth-order valence-electron chi connectivity index (χ4n) is 2.17. The molecular formula is C17H19ClN2O3S. The third-order valence-corrected chi connectivity index (χ3v) is 4.16. The van der Waals surface area contributed by atoms with Crippen LogP contribution in [0.1, 0.15) is 35.7 Å². The van der Waals surface area contributed by atoms with Crippen LogP contribution >= 0.6 is 11.6 Å². The fourth-order valence-corrected chi connectivity index (χ4v) is 2.92. The van der Waals surface area contributed by atoms with Gasteiger partial charge in [0.2, 0.25) is 10.0 Å². The van der Waals surface area contributed by atoms with E-state index < -0.39 is 15.9 Å². The molecule has 0 radical (unpaired) electrons. The second-order valence-electron chi connectivity index (χ2n) is 5.80. The number of sulfonamides is 1. The molecule has 24 heavy (non-hydrogen) atoms. The number of carbonyl (C=O) groups is 1. The van der Waals surface area contributed by atoms with Crippen molar-refractivity contribution in [3.05, 3.63) is 58.6 Å². The first kappa shape index (κ1) is 18.3. The van der Waals surface area contributed by atoms with E-state index in [1.165, 1.54) is 18.2 Å². The maximum Gasteiger partial charge on any atom is 0.257 e. The topological polar surface area (TPSA) is 75.3 Å². The second-order valence-corrected chi connectivity index (χ2v) is 7.98. The molecule has 0 aromatic heterocycles. The summed E-state index contributed by atoms with van der Waals surface area (Å²) in [7, 11) is -3.51. The molecule has 0 atom stereocenters. The molecule has 0 saturated heterocycles. The normalized spacial score (nSPS) is 11.4.